The summed E-state index contributed by atoms with van der Waals surface area (Å²) in [5, 5.41) is 11.9. The SMILES string of the molecule is COCC(NC(=O)C(C)Oc1ccc(Cl)c(Cl)c1)C(=O)O. The molecule has 0 radical (unpaired) electrons. The number of ether oxygens (including phenoxy) is 2. The van der Waals surface area contributed by atoms with Gasteiger partial charge in [-0.25, -0.2) is 4.79 Å². The first-order chi connectivity index (χ1) is 9.85. The molecule has 2 atom stereocenters. The first kappa shape index (κ1) is 17.6. The van der Waals surface area contributed by atoms with Crippen molar-refractivity contribution in [3.63, 3.8) is 0 Å². The number of halogens is 2. The lowest BCUT2D eigenvalue weighted by molar-refractivity contribution is -0.144. The van der Waals surface area contributed by atoms with Gasteiger partial charge in [-0.1, -0.05) is 23.2 Å². The maximum atomic E-state index is 11.9. The molecule has 0 aliphatic carbocycles. The van der Waals surface area contributed by atoms with Crippen molar-refractivity contribution in [1.29, 1.82) is 0 Å². The van der Waals surface area contributed by atoms with Crippen molar-refractivity contribution in [3.8, 4) is 5.75 Å². The Balaban J connectivity index is 2.65. The summed E-state index contributed by atoms with van der Waals surface area (Å²) in [7, 11) is 1.34. The highest BCUT2D eigenvalue weighted by molar-refractivity contribution is 6.42. The average Bonchev–Trinajstić information content (AvgIpc) is 2.42. The van der Waals surface area contributed by atoms with E-state index in [0.29, 0.717) is 15.8 Å². The number of nitrogens with one attached hydrogen (secondary N) is 1. The molecule has 0 saturated carbocycles. The minimum Gasteiger partial charge on any atom is -0.481 e. The van der Waals surface area contributed by atoms with Crippen LogP contribution in [-0.4, -0.2) is 42.8 Å². The van der Waals surface area contributed by atoms with Crippen LogP contribution in [0.15, 0.2) is 18.2 Å². The van der Waals surface area contributed by atoms with Crippen molar-refractivity contribution >= 4 is 35.1 Å². The van der Waals surface area contributed by atoms with Gasteiger partial charge in [0.05, 0.1) is 16.7 Å². The van der Waals surface area contributed by atoms with E-state index in [1.165, 1.54) is 26.2 Å². The van der Waals surface area contributed by atoms with Crippen LogP contribution < -0.4 is 10.1 Å². The van der Waals surface area contributed by atoms with E-state index in [4.69, 9.17) is 37.8 Å². The van der Waals surface area contributed by atoms with E-state index in [9.17, 15) is 9.59 Å². The Morgan fingerprint density at radius 2 is 2.00 bits per heavy atom. The van der Waals surface area contributed by atoms with Gasteiger partial charge in [0, 0.05) is 13.2 Å². The molecule has 1 aromatic carbocycles. The highest BCUT2D eigenvalue weighted by atomic mass is 35.5. The van der Waals surface area contributed by atoms with Gasteiger partial charge in [-0.2, -0.15) is 0 Å². The van der Waals surface area contributed by atoms with Gasteiger partial charge in [0.2, 0.25) is 0 Å². The van der Waals surface area contributed by atoms with Crippen LogP contribution >= 0.6 is 23.2 Å². The van der Waals surface area contributed by atoms with Gasteiger partial charge in [0.1, 0.15) is 5.75 Å². The monoisotopic (exact) mass is 335 g/mol. The lowest BCUT2D eigenvalue weighted by Gasteiger charge is -2.18. The van der Waals surface area contributed by atoms with Crippen molar-refractivity contribution < 1.29 is 24.2 Å². The summed E-state index contributed by atoms with van der Waals surface area (Å²) in [6.07, 6.45) is -0.902. The highest BCUT2D eigenvalue weighted by Crippen LogP contribution is 2.26. The molecule has 1 amide bonds. The topological polar surface area (TPSA) is 84.9 Å². The van der Waals surface area contributed by atoms with E-state index >= 15 is 0 Å². The number of amides is 1. The van der Waals surface area contributed by atoms with E-state index in [2.05, 4.69) is 5.32 Å². The van der Waals surface area contributed by atoms with Crippen LogP contribution in [0, 0.1) is 0 Å². The number of benzene rings is 1. The van der Waals surface area contributed by atoms with E-state index in [0.717, 1.165) is 0 Å². The molecule has 0 aliphatic rings. The summed E-state index contributed by atoms with van der Waals surface area (Å²) in [4.78, 5) is 22.8. The smallest absolute Gasteiger partial charge is 0.328 e. The largest absolute Gasteiger partial charge is 0.481 e. The summed E-state index contributed by atoms with van der Waals surface area (Å²) in [6, 6.07) is 3.43. The fraction of sp³-hybridized carbons (Fsp3) is 0.385. The molecule has 2 unspecified atom stereocenters. The number of carbonyl (C=O) groups is 2. The summed E-state index contributed by atoms with van der Waals surface area (Å²) in [6.45, 7) is 1.35. The number of methoxy groups -OCH3 is 1. The van der Waals surface area contributed by atoms with E-state index < -0.39 is 24.0 Å². The number of hydrogen-bond acceptors (Lipinski definition) is 4. The van der Waals surface area contributed by atoms with E-state index in [1.54, 1.807) is 6.07 Å². The molecule has 0 spiro atoms. The number of rotatable bonds is 7. The Bertz CT molecular complexity index is 523. The summed E-state index contributed by atoms with van der Waals surface area (Å²) in [5.41, 5.74) is 0. The first-order valence-electron chi connectivity index (χ1n) is 5.99. The van der Waals surface area contributed by atoms with Crippen molar-refractivity contribution in [2.75, 3.05) is 13.7 Å². The summed E-state index contributed by atoms with van der Waals surface area (Å²) in [5.74, 6) is -1.41. The first-order valence-corrected chi connectivity index (χ1v) is 6.74. The second-order valence-corrected chi connectivity index (χ2v) is 5.01. The van der Waals surface area contributed by atoms with Crippen molar-refractivity contribution in [1.82, 2.24) is 5.32 Å². The molecule has 0 aromatic heterocycles. The summed E-state index contributed by atoms with van der Waals surface area (Å²) >= 11 is 11.6. The Labute approximate surface area is 131 Å². The van der Waals surface area contributed by atoms with Crippen molar-refractivity contribution in [3.05, 3.63) is 28.2 Å². The van der Waals surface area contributed by atoms with Crippen molar-refractivity contribution in [2.24, 2.45) is 0 Å². The van der Waals surface area contributed by atoms with Gasteiger partial charge in [-0.15, -0.1) is 0 Å². The van der Waals surface area contributed by atoms with Crippen LogP contribution in [-0.2, 0) is 14.3 Å². The fourth-order valence-corrected chi connectivity index (χ4v) is 1.73. The summed E-state index contributed by atoms with van der Waals surface area (Å²) < 4.78 is 10.1. The number of hydrogen-bond donors (Lipinski definition) is 2. The van der Waals surface area contributed by atoms with Gasteiger partial charge in [-0.05, 0) is 19.1 Å². The predicted molar refractivity (Wildman–Crippen MR) is 78.0 cm³/mol. The zero-order valence-electron chi connectivity index (χ0n) is 11.4. The third kappa shape index (κ3) is 5.41. The maximum Gasteiger partial charge on any atom is 0.328 e. The molecule has 21 heavy (non-hydrogen) atoms. The maximum absolute atomic E-state index is 11.9. The average molecular weight is 336 g/mol. The minimum absolute atomic E-state index is 0.138. The predicted octanol–water partition coefficient (Wildman–Crippen LogP) is 1.98. The molecule has 0 fully saturated rings. The minimum atomic E-state index is -1.19. The van der Waals surface area contributed by atoms with Gasteiger partial charge < -0.3 is 19.9 Å². The molecule has 6 nitrogen and oxygen atoms in total. The van der Waals surface area contributed by atoms with Crippen LogP contribution in [0.25, 0.3) is 0 Å². The molecule has 1 aromatic rings. The Morgan fingerprint density at radius 1 is 1.33 bits per heavy atom. The molecular formula is C13H15Cl2NO5. The number of carbonyl (C=O) groups excluding carboxylic acids is 1. The molecule has 1 rings (SSSR count). The standard InChI is InChI=1S/C13H15Cl2NO5/c1-7(12(17)16-11(6-20-2)13(18)19)21-8-3-4-9(14)10(15)5-8/h3-5,7,11H,6H2,1-2H3,(H,16,17)(H,18,19). The molecule has 8 heteroatoms. The van der Waals surface area contributed by atoms with Gasteiger partial charge >= 0.3 is 5.97 Å². The van der Waals surface area contributed by atoms with Gasteiger partial charge in [0.15, 0.2) is 12.1 Å². The Hall–Kier alpha value is -1.50. The molecule has 2 N–H and O–H groups in total. The number of carboxylic acid groups (broad SMARTS) is 1. The van der Waals surface area contributed by atoms with Crippen LogP contribution in [0.1, 0.15) is 6.92 Å². The van der Waals surface area contributed by atoms with E-state index in [-0.39, 0.29) is 6.61 Å². The lowest BCUT2D eigenvalue weighted by atomic mass is 10.2. The third-order valence-corrected chi connectivity index (χ3v) is 3.26. The molecule has 0 bridgehead atoms. The molecule has 0 saturated heterocycles. The quantitative estimate of drug-likeness (QED) is 0.795. The zero-order chi connectivity index (χ0) is 16.0. The number of carboxylic acids is 1. The normalized spacial score (nSPS) is 13.3. The van der Waals surface area contributed by atoms with Crippen LogP contribution in [0.2, 0.25) is 10.0 Å². The second kappa shape index (κ2) is 8.07. The fourth-order valence-electron chi connectivity index (χ4n) is 1.44. The van der Waals surface area contributed by atoms with Crippen LogP contribution in [0.4, 0.5) is 0 Å². The van der Waals surface area contributed by atoms with Crippen molar-refractivity contribution in [2.45, 2.75) is 19.1 Å². The molecular weight excluding hydrogens is 321 g/mol. The Morgan fingerprint density at radius 3 is 2.52 bits per heavy atom. The van der Waals surface area contributed by atoms with Gasteiger partial charge in [-0.3, -0.25) is 4.79 Å². The van der Waals surface area contributed by atoms with E-state index in [1.807, 2.05) is 0 Å². The van der Waals surface area contributed by atoms with Crippen LogP contribution in [0.3, 0.4) is 0 Å². The molecule has 0 heterocycles. The third-order valence-electron chi connectivity index (χ3n) is 2.52. The second-order valence-electron chi connectivity index (χ2n) is 4.19. The zero-order valence-corrected chi connectivity index (χ0v) is 12.9. The van der Waals surface area contributed by atoms with Crippen LogP contribution in [0.5, 0.6) is 5.75 Å². The van der Waals surface area contributed by atoms with Gasteiger partial charge in [0.25, 0.3) is 5.91 Å². The lowest BCUT2D eigenvalue weighted by Crippen LogP contribution is -2.48. The highest BCUT2D eigenvalue weighted by Gasteiger charge is 2.23. The molecule has 0 aliphatic heterocycles. The Kier molecular flexibility index (Phi) is 6.74. The number of aliphatic carboxylic acids is 1. The molecule has 116 valence electrons.